The fraction of sp³-hybridized carbons (Fsp3) is 0.360. The lowest BCUT2D eigenvalue weighted by Crippen LogP contribution is -2.49. The first-order valence-electron chi connectivity index (χ1n) is 10.2. The molecule has 1 unspecified atom stereocenters. The van der Waals surface area contributed by atoms with Gasteiger partial charge in [-0.15, -0.1) is 0 Å². The molecule has 6 heteroatoms. The summed E-state index contributed by atoms with van der Waals surface area (Å²) in [5, 5.41) is 3.58. The van der Waals surface area contributed by atoms with Crippen molar-refractivity contribution < 1.29 is 9.59 Å². The number of halogens is 2. The van der Waals surface area contributed by atoms with Crippen molar-refractivity contribution in [2.75, 3.05) is 4.90 Å². The molecule has 1 N–H and O–H groups in total. The summed E-state index contributed by atoms with van der Waals surface area (Å²) >= 11 is 8.28. The van der Waals surface area contributed by atoms with Crippen LogP contribution in [0.15, 0.2) is 42.5 Å². The van der Waals surface area contributed by atoms with E-state index in [9.17, 15) is 9.59 Å². The quantitative estimate of drug-likeness (QED) is 0.364. The number of anilines is 1. The molecule has 2 amide bonds. The van der Waals surface area contributed by atoms with Crippen LogP contribution in [-0.2, 0) is 9.59 Å². The monoisotopic (exact) mass is 550 g/mol. The van der Waals surface area contributed by atoms with E-state index in [1.54, 1.807) is 18.2 Å². The Morgan fingerprint density at radius 1 is 1.16 bits per heavy atom. The van der Waals surface area contributed by atoms with E-state index in [2.05, 4.69) is 39.7 Å². The van der Waals surface area contributed by atoms with E-state index < -0.39 is 17.5 Å². The van der Waals surface area contributed by atoms with Crippen LogP contribution in [0.3, 0.4) is 0 Å². The van der Waals surface area contributed by atoms with Crippen LogP contribution < -0.4 is 10.2 Å². The number of carbonyl (C=O) groups is 2. The number of amides is 2. The molecule has 0 heterocycles. The van der Waals surface area contributed by atoms with Crippen LogP contribution in [0.25, 0.3) is 0 Å². The number of hydrogen-bond donors (Lipinski definition) is 1. The first kappa shape index (κ1) is 25.2. The standard InChI is InChI=1S/C25H28ClIN2O2/c1-6-7-8-9-22(30)29(21-15-14-19(26)16-20(21)27)23(24(31)28-25(3,4)5)18-12-10-17(2)11-13-18/h10-16,23H,6-7H2,1-5H3,(H,28,31). The largest absolute Gasteiger partial charge is 0.349 e. The fourth-order valence-electron chi connectivity index (χ4n) is 2.97. The van der Waals surface area contributed by atoms with Gasteiger partial charge < -0.3 is 5.32 Å². The molecular formula is C25H28ClIN2O2. The smallest absolute Gasteiger partial charge is 0.303 e. The lowest BCUT2D eigenvalue weighted by molar-refractivity contribution is -0.126. The maximum atomic E-state index is 13.5. The van der Waals surface area contributed by atoms with Crippen molar-refractivity contribution in [2.24, 2.45) is 0 Å². The van der Waals surface area contributed by atoms with Crippen LogP contribution in [0.4, 0.5) is 5.69 Å². The van der Waals surface area contributed by atoms with Crippen molar-refractivity contribution in [3.63, 3.8) is 0 Å². The number of benzene rings is 2. The average molecular weight is 551 g/mol. The SMILES string of the molecule is CCCC#CC(=O)N(c1ccc(Cl)cc1I)C(C(=O)NC(C)(C)C)c1ccc(C)cc1. The van der Waals surface area contributed by atoms with E-state index in [0.717, 1.165) is 15.6 Å². The molecule has 0 aliphatic heterocycles. The summed E-state index contributed by atoms with van der Waals surface area (Å²) in [6.07, 6.45) is 1.46. The lowest BCUT2D eigenvalue weighted by Gasteiger charge is -2.33. The predicted octanol–water partition coefficient (Wildman–Crippen LogP) is 6.05. The Hall–Kier alpha value is -2.04. The molecule has 1 atom stereocenters. The summed E-state index contributed by atoms with van der Waals surface area (Å²) < 4.78 is 0.761. The van der Waals surface area contributed by atoms with Gasteiger partial charge in [-0.3, -0.25) is 14.5 Å². The zero-order valence-corrected chi connectivity index (χ0v) is 21.5. The Kier molecular flexibility index (Phi) is 8.96. The minimum Gasteiger partial charge on any atom is -0.349 e. The first-order chi connectivity index (χ1) is 14.5. The number of nitrogens with zero attached hydrogens (tertiary/aromatic N) is 1. The van der Waals surface area contributed by atoms with Crippen molar-refractivity contribution in [1.82, 2.24) is 5.32 Å². The van der Waals surface area contributed by atoms with E-state index in [4.69, 9.17) is 11.6 Å². The van der Waals surface area contributed by atoms with Gasteiger partial charge in [-0.05, 0) is 86.4 Å². The van der Waals surface area contributed by atoms with Crippen LogP contribution >= 0.6 is 34.2 Å². The van der Waals surface area contributed by atoms with Crippen molar-refractivity contribution in [2.45, 2.75) is 59.0 Å². The molecule has 0 saturated carbocycles. The van der Waals surface area contributed by atoms with Gasteiger partial charge in [0.1, 0.15) is 6.04 Å². The number of hydrogen-bond acceptors (Lipinski definition) is 2. The number of carbonyl (C=O) groups excluding carboxylic acids is 2. The van der Waals surface area contributed by atoms with Gasteiger partial charge in [0, 0.05) is 20.6 Å². The Labute approximate surface area is 203 Å². The van der Waals surface area contributed by atoms with Gasteiger partial charge in [-0.2, -0.15) is 0 Å². The van der Waals surface area contributed by atoms with E-state index in [-0.39, 0.29) is 5.91 Å². The Morgan fingerprint density at radius 2 is 1.81 bits per heavy atom. The summed E-state index contributed by atoms with van der Waals surface area (Å²) in [7, 11) is 0. The second kappa shape index (κ2) is 11.0. The molecule has 0 aliphatic carbocycles. The van der Waals surface area contributed by atoms with Gasteiger partial charge in [0.05, 0.1) is 5.69 Å². The normalized spacial score (nSPS) is 11.8. The summed E-state index contributed by atoms with van der Waals surface area (Å²) in [5.74, 6) is 4.94. The molecular weight excluding hydrogens is 523 g/mol. The van der Waals surface area contributed by atoms with Gasteiger partial charge in [-0.25, -0.2) is 0 Å². The van der Waals surface area contributed by atoms with Crippen LogP contribution in [0.5, 0.6) is 0 Å². The van der Waals surface area contributed by atoms with Crippen LogP contribution in [0.1, 0.15) is 57.7 Å². The highest BCUT2D eigenvalue weighted by Crippen LogP contribution is 2.33. The highest BCUT2D eigenvalue weighted by Gasteiger charge is 2.34. The summed E-state index contributed by atoms with van der Waals surface area (Å²) in [6.45, 7) is 9.73. The fourth-order valence-corrected chi connectivity index (χ4v) is 4.10. The highest BCUT2D eigenvalue weighted by atomic mass is 127. The molecule has 0 aliphatic rings. The maximum Gasteiger partial charge on any atom is 0.303 e. The Bertz CT molecular complexity index is 1000. The topological polar surface area (TPSA) is 49.4 Å². The molecule has 0 radical (unpaired) electrons. The molecule has 0 fully saturated rings. The average Bonchev–Trinajstić information content (AvgIpc) is 2.66. The molecule has 2 rings (SSSR count). The predicted molar refractivity (Wildman–Crippen MR) is 136 cm³/mol. The van der Waals surface area contributed by atoms with Crippen molar-refractivity contribution in [1.29, 1.82) is 0 Å². The molecule has 0 saturated heterocycles. The van der Waals surface area contributed by atoms with Crippen molar-refractivity contribution >= 4 is 51.7 Å². The molecule has 0 aromatic heterocycles. The van der Waals surface area contributed by atoms with Gasteiger partial charge in [0.2, 0.25) is 5.91 Å². The van der Waals surface area contributed by atoms with Crippen molar-refractivity contribution in [3.05, 3.63) is 62.2 Å². The summed E-state index contributed by atoms with van der Waals surface area (Å²) in [6, 6.07) is 12.0. The lowest BCUT2D eigenvalue weighted by atomic mass is 9.99. The maximum absolute atomic E-state index is 13.5. The number of unbranched alkanes of at least 4 members (excludes halogenated alkanes) is 1. The molecule has 2 aromatic carbocycles. The van der Waals surface area contributed by atoms with Crippen LogP contribution in [0, 0.1) is 22.3 Å². The molecule has 31 heavy (non-hydrogen) atoms. The zero-order valence-electron chi connectivity index (χ0n) is 18.6. The molecule has 0 bridgehead atoms. The summed E-state index contributed by atoms with van der Waals surface area (Å²) in [5.41, 5.74) is 1.91. The highest BCUT2D eigenvalue weighted by molar-refractivity contribution is 14.1. The number of rotatable bonds is 5. The first-order valence-corrected chi connectivity index (χ1v) is 11.6. The van der Waals surface area contributed by atoms with E-state index in [1.807, 2.05) is 58.9 Å². The van der Waals surface area contributed by atoms with Gasteiger partial charge in [0.25, 0.3) is 0 Å². The van der Waals surface area contributed by atoms with E-state index >= 15 is 0 Å². The summed E-state index contributed by atoms with van der Waals surface area (Å²) in [4.78, 5) is 28.3. The molecule has 0 spiro atoms. The van der Waals surface area contributed by atoms with E-state index in [0.29, 0.717) is 22.7 Å². The Balaban J connectivity index is 2.69. The van der Waals surface area contributed by atoms with Gasteiger partial charge in [-0.1, -0.05) is 54.3 Å². The zero-order chi connectivity index (χ0) is 23.2. The third-order valence-corrected chi connectivity index (χ3v) is 5.46. The van der Waals surface area contributed by atoms with Crippen molar-refractivity contribution in [3.8, 4) is 11.8 Å². The molecule has 4 nitrogen and oxygen atoms in total. The van der Waals surface area contributed by atoms with Crippen LogP contribution in [0.2, 0.25) is 5.02 Å². The minimum atomic E-state index is -0.877. The van der Waals surface area contributed by atoms with Gasteiger partial charge >= 0.3 is 5.91 Å². The Morgan fingerprint density at radius 3 is 2.35 bits per heavy atom. The second-order valence-corrected chi connectivity index (χ2v) is 9.97. The van der Waals surface area contributed by atoms with Crippen LogP contribution in [-0.4, -0.2) is 17.4 Å². The van der Waals surface area contributed by atoms with Gasteiger partial charge in [0.15, 0.2) is 0 Å². The second-order valence-electron chi connectivity index (χ2n) is 8.38. The molecule has 164 valence electrons. The number of aryl methyl sites for hydroxylation is 1. The third-order valence-electron chi connectivity index (χ3n) is 4.36. The third kappa shape index (κ3) is 7.26. The molecule has 2 aromatic rings. The number of nitrogens with one attached hydrogen (secondary N) is 1. The minimum absolute atomic E-state index is 0.271. The van der Waals surface area contributed by atoms with E-state index in [1.165, 1.54) is 4.90 Å².